The van der Waals surface area contributed by atoms with Gasteiger partial charge in [-0.1, -0.05) is 41.5 Å². The molecular weight excluding hydrogens is 446 g/mol. The number of hydrogen-bond donors (Lipinski definition) is 2. The Morgan fingerprint density at radius 2 is 1.85 bits per heavy atom. The predicted octanol–water partition coefficient (Wildman–Crippen LogP) is 0.469. The minimum atomic E-state index is -3.92. The number of nitrogens with zero attached hydrogens (tertiary/aromatic N) is 3. The standard InChI is InChI=1S/C22H37N5O5S/c1-7-14(12-23)24-19(28)17-16-15(22(16,5)6)13-27(17)20(29)18(21(2,3)4)25-33(30,31)26-8-10-32-11-9-26/h14-18,25H,7-11,13H2,1-6H3,(H,24,28)/t14-,15-,16-,17-,18+/m0/s1. The molecule has 11 heteroatoms. The van der Waals surface area contributed by atoms with Gasteiger partial charge in [0, 0.05) is 19.6 Å². The monoisotopic (exact) mass is 483 g/mol. The molecule has 1 saturated carbocycles. The number of likely N-dealkylation sites (tertiary alicyclic amines) is 1. The molecule has 2 saturated heterocycles. The van der Waals surface area contributed by atoms with Crippen LogP contribution in [0, 0.1) is 34.0 Å². The van der Waals surface area contributed by atoms with E-state index in [1.807, 2.05) is 6.92 Å². The van der Waals surface area contributed by atoms with Crippen LogP contribution in [0.25, 0.3) is 0 Å². The lowest BCUT2D eigenvalue weighted by molar-refractivity contribution is -0.143. The van der Waals surface area contributed by atoms with Crippen molar-refractivity contribution in [3.8, 4) is 6.07 Å². The normalized spacial score (nSPS) is 29.0. The average Bonchev–Trinajstić information content (AvgIpc) is 3.09. The van der Waals surface area contributed by atoms with E-state index in [9.17, 15) is 23.3 Å². The van der Waals surface area contributed by atoms with Crippen molar-refractivity contribution in [2.75, 3.05) is 32.8 Å². The Balaban J connectivity index is 1.85. The van der Waals surface area contributed by atoms with Crippen molar-refractivity contribution in [1.29, 1.82) is 5.26 Å². The zero-order valence-electron chi connectivity index (χ0n) is 20.4. The van der Waals surface area contributed by atoms with Crippen LogP contribution in [-0.2, 0) is 24.5 Å². The van der Waals surface area contributed by atoms with Gasteiger partial charge in [-0.15, -0.1) is 0 Å². The van der Waals surface area contributed by atoms with Crippen molar-refractivity contribution >= 4 is 22.0 Å². The van der Waals surface area contributed by atoms with Crippen LogP contribution in [0.2, 0.25) is 0 Å². The number of nitriles is 1. The van der Waals surface area contributed by atoms with Gasteiger partial charge in [0.05, 0.1) is 19.3 Å². The molecule has 0 aromatic heterocycles. The van der Waals surface area contributed by atoms with Crippen LogP contribution in [0.4, 0.5) is 0 Å². The molecule has 0 spiro atoms. The van der Waals surface area contributed by atoms with E-state index in [0.29, 0.717) is 26.2 Å². The fourth-order valence-electron chi connectivity index (χ4n) is 5.07. The van der Waals surface area contributed by atoms with E-state index < -0.39 is 39.7 Å². The summed E-state index contributed by atoms with van der Waals surface area (Å²) in [6, 6.07) is -0.327. The summed E-state index contributed by atoms with van der Waals surface area (Å²) < 4.78 is 35.3. The highest BCUT2D eigenvalue weighted by molar-refractivity contribution is 7.87. The summed E-state index contributed by atoms with van der Waals surface area (Å²) in [5.74, 6) is -0.615. The molecule has 2 N–H and O–H groups in total. The Hall–Kier alpha value is -1.74. The van der Waals surface area contributed by atoms with Gasteiger partial charge < -0.3 is 15.0 Å². The van der Waals surface area contributed by atoms with Crippen molar-refractivity contribution in [2.45, 2.75) is 66.1 Å². The number of carbonyl (C=O) groups excluding carboxylic acids is 2. The SMILES string of the molecule is CC[C@@H](C#N)NC(=O)[C@@H]1[C@@H]2[C@H](CN1C(=O)[C@@H](NS(=O)(=O)N1CCOCC1)C(C)(C)C)C2(C)C. The number of rotatable bonds is 7. The Bertz CT molecular complexity index is 916. The third kappa shape index (κ3) is 5.04. The van der Waals surface area contributed by atoms with Crippen molar-refractivity contribution in [1.82, 2.24) is 19.2 Å². The molecule has 0 aromatic carbocycles. The maximum Gasteiger partial charge on any atom is 0.280 e. The zero-order chi connectivity index (χ0) is 24.8. The maximum atomic E-state index is 13.8. The lowest BCUT2D eigenvalue weighted by Crippen LogP contribution is -2.61. The highest BCUT2D eigenvalue weighted by Gasteiger charge is 2.69. The molecule has 2 aliphatic heterocycles. The van der Waals surface area contributed by atoms with Crippen LogP contribution in [0.3, 0.4) is 0 Å². The summed E-state index contributed by atoms with van der Waals surface area (Å²) >= 11 is 0. The Labute approximate surface area is 197 Å². The number of morpholine rings is 1. The number of ether oxygens (including phenoxy) is 1. The second kappa shape index (κ2) is 9.13. The van der Waals surface area contributed by atoms with Crippen LogP contribution in [0.15, 0.2) is 0 Å². The summed E-state index contributed by atoms with van der Waals surface area (Å²) in [4.78, 5) is 28.5. The minimum absolute atomic E-state index is 0.0193. The molecule has 3 fully saturated rings. The largest absolute Gasteiger partial charge is 0.379 e. The lowest BCUT2D eigenvalue weighted by Gasteiger charge is -2.38. The average molecular weight is 484 g/mol. The van der Waals surface area contributed by atoms with Gasteiger partial charge in [-0.3, -0.25) is 9.59 Å². The van der Waals surface area contributed by atoms with Crippen LogP contribution in [0.5, 0.6) is 0 Å². The summed E-state index contributed by atoms with van der Waals surface area (Å²) in [7, 11) is -3.92. The van der Waals surface area contributed by atoms with Crippen LogP contribution < -0.4 is 10.0 Å². The van der Waals surface area contributed by atoms with E-state index in [4.69, 9.17) is 4.74 Å². The van der Waals surface area contributed by atoms with Crippen molar-refractivity contribution in [3.63, 3.8) is 0 Å². The maximum absolute atomic E-state index is 13.8. The van der Waals surface area contributed by atoms with Gasteiger partial charge >= 0.3 is 0 Å². The van der Waals surface area contributed by atoms with Gasteiger partial charge in [0.1, 0.15) is 18.1 Å². The van der Waals surface area contributed by atoms with Gasteiger partial charge in [0.2, 0.25) is 11.8 Å². The summed E-state index contributed by atoms with van der Waals surface area (Å²) in [6.07, 6.45) is 0.463. The van der Waals surface area contributed by atoms with Gasteiger partial charge in [-0.2, -0.15) is 22.7 Å². The molecular formula is C22H37N5O5S. The molecule has 1 aliphatic carbocycles. The molecule has 3 aliphatic rings. The molecule has 5 atom stereocenters. The molecule has 2 amide bonds. The van der Waals surface area contributed by atoms with E-state index in [0.717, 1.165) is 0 Å². The molecule has 0 radical (unpaired) electrons. The van der Waals surface area contributed by atoms with Gasteiger partial charge in [0.15, 0.2) is 0 Å². The van der Waals surface area contributed by atoms with Crippen LogP contribution >= 0.6 is 0 Å². The van der Waals surface area contributed by atoms with Crippen LogP contribution in [-0.4, -0.2) is 80.4 Å². The smallest absolute Gasteiger partial charge is 0.280 e. The van der Waals surface area contributed by atoms with Gasteiger partial charge in [0.25, 0.3) is 10.2 Å². The minimum Gasteiger partial charge on any atom is -0.379 e. The zero-order valence-corrected chi connectivity index (χ0v) is 21.2. The number of carbonyl (C=O) groups is 2. The molecule has 0 bridgehead atoms. The number of hydrogen-bond acceptors (Lipinski definition) is 6. The Kier molecular flexibility index (Phi) is 7.16. The van der Waals surface area contributed by atoms with E-state index >= 15 is 0 Å². The fraction of sp³-hybridized carbons (Fsp3) is 0.864. The molecule has 33 heavy (non-hydrogen) atoms. The molecule has 0 aromatic rings. The third-order valence-corrected chi connectivity index (χ3v) is 8.91. The van der Waals surface area contributed by atoms with E-state index in [2.05, 4.69) is 30.0 Å². The highest BCUT2D eigenvalue weighted by atomic mass is 32.2. The van der Waals surface area contributed by atoms with Crippen molar-refractivity contribution in [3.05, 3.63) is 0 Å². The first-order valence-electron chi connectivity index (χ1n) is 11.6. The quantitative estimate of drug-likeness (QED) is 0.541. The second-order valence-electron chi connectivity index (χ2n) is 10.9. The summed E-state index contributed by atoms with van der Waals surface area (Å²) in [5, 5.41) is 12.0. The van der Waals surface area contributed by atoms with E-state index in [-0.39, 0.29) is 36.2 Å². The molecule has 0 unspecified atom stereocenters. The predicted molar refractivity (Wildman–Crippen MR) is 122 cm³/mol. The molecule has 186 valence electrons. The number of piperidine rings is 1. The number of fused-ring (bicyclic) bond motifs is 1. The van der Waals surface area contributed by atoms with E-state index in [1.165, 1.54) is 9.21 Å². The molecule has 2 heterocycles. The first kappa shape index (κ1) is 25.9. The highest BCUT2D eigenvalue weighted by Crippen LogP contribution is 2.65. The first-order valence-corrected chi connectivity index (χ1v) is 13.0. The first-order chi connectivity index (χ1) is 15.3. The lowest BCUT2D eigenvalue weighted by atomic mass is 9.86. The molecule has 3 rings (SSSR count). The third-order valence-electron chi connectivity index (χ3n) is 7.33. The fourth-order valence-corrected chi connectivity index (χ4v) is 6.60. The number of nitrogens with one attached hydrogen (secondary N) is 2. The Morgan fingerprint density at radius 1 is 1.24 bits per heavy atom. The molecule has 10 nitrogen and oxygen atoms in total. The Morgan fingerprint density at radius 3 is 2.36 bits per heavy atom. The summed E-state index contributed by atoms with van der Waals surface area (Å²) in [6.45, 7) is 12.8. The summed E-state index contributed by atoms with van der Waals surface area (Å²) in [5.41, 5.74) is -0.809. The van der Waals surface area contributed by atoms with Crippen molar-refractivity contribution < 1.29 is 22.7 Å². The van der Waals surface area contributed by atoms with Gasteiger partial charge in [-0.25, -0.2) is 0 Å². The van der Waals surface area contributed by atoms with E-state index in [1.54, 1.807) is 20.8 Å². The second-order valence-corrected chi connectivity index (χ2v) is 12.6. The van der Waals surface area contributed by atoms with Crippen molar-refractivity contribution in [2.24, 2.45) is 22.7 Å². The van der Waals surface area contributed by atoms with Gasteiger partial charge in [-0.05, 0) is 29.1 Å². The van der Waals surface area contributed by atoms with Crippen LogP contribution in [0.1, 0.15) is 48.0 Å². The number of amides is 2. The topological polar surface area (TPSA) is 132 Å².